The Balaban J connectivity index is 2.35. The number of hydrogen-bond acceptors (Lipinski definition) is 4. The summed E-state index contributed by atoms with van der Waals surface area (Å²) in [4.78, 5) is 12.0. The van der Waals surface area contributed by atoms with Crippen LogP contribution in [0.1, 0.15) is 15.9 Å². The van der Waals surface area contributed by atoms with E-state index in [0.717, 1.165) is 0 Å². The van der Waals surface area contributed by atoms with Gasteiger partial charge in [0.25, 0.3) is 5.91 Å². The first-order valence-corrected chi connectivity index (χ1v) is 7.56. The molecule has 0 unspecified atom stereocenters. The smallest absolute Gasteiger partial charge is 0.255 e. The second-order valence-electron chi connectivity index (χ2n) is 4.50. The van der Waals surface area contributed by atoms with Gasteiger partial charge in [0, 0.05) is 5.56 Å². The first kappa shape index (κ1) is 15.0. The summed E-state index contributed by atoms with van der Waals surface area (Å²) in [5.74, 6) is -0.619. The van der Waals surface area contributed by atoms with Crippen molar-refractivity contribution in [2.45, 2.75) is 11.8 Å². The highest BCUT2D eigenvalue weighted by atomic mass is 32.2. The number of benzene rings is 2. The fourth-order valence-corrected chi connectivity index (χ4v) is 2.63. The van der Waals surface area contributed by atoms with E-state index in [0.29, 0.717) is 5.56 Å². The van der Waals surface area contributed by atoms with Gasteiger partial charge in [-0.3, -0.25) is 4.79 Å². The number of sulfonamides is 1. The molecule has 1 amide bonds. The van der Waals surface area contributed by atoms with E-state index in [1.54, 1.807) is 19.1 Å². The van der Waals surface area contributed by atoms with Crippen LogP contribution in [-0.2, 0) is 10.0 Å². The lowest BCUT2D eigenvalue weighted by atomic mass is 10.1. The van der Waals surface area contributed by atoms with E-state index in [9.17, 15) is 18.3 Å². The van der Waals surface area contributed by atoms with Crippen molar-refractivity contribution in [3.63, 3.8) is 0 Å². The Bertz CT molecular complexity index is 800. The van der Waals surface area contributed by atoms with Crippen molar-refractivity contribution in [2.24, 2.45) is 5.14 Å². The summed E-state index contributed by atoms with van der Waals surface area (Å²) in [5.41, 5.74) is 0.824. The average molecular weight is 306 g/mol. The molecule has 0 aliphatic carbocycles. The van der Waals surface area contributed by atoms with Gasteiger partial charge >= 0.3 is 0 Å². The zero-order chi connectivity index (χ0) is 15.6. The molecule has 0 saturated carbocycles. The third-order valence-electron chi connectivity index (χ3n) is 2.91. The van der Waals surface area contributed by atoms with Crippen LogP contribution in [0.3, 0.4) is 0 Å². The van der Waals surface area contributed by atoms with Gasteiger partial charge in [-0.05, 0) is 36.8 Å². The third-order valence-corrected chi connectivity index (χ3v) is 3.96. The number of aromatic hydroxyl groups is 1. The monoisotopic (exact) mass is 306 g/mol. The maximum Gasteiger partial charge on any atom is 0.255 e. The van der Waals surface area contributed by atoms with E-state index in [4.69, 9.17) is 5.14 Å². The maximum absolute atomic E-state index is 12.1. The minimum atomic E-state index is -3.90. The number of primary sulfonamides is 1. The van der Waals surface area contributed by atoms with Crippen LogP contribution in [0.2, 0.25) is 0 Å². The molecule has 0 aromatic heterocycles. The summed E-state index contributed by atoms with van der Waals surface area (Å²) >= 11 is 0. The molecule has 7 heteroatoms. The van der Waals surface area contributed by atoms with Crippen LogP contribution in [0.15, 0.2) is 47.4 Å². The predicted molar refractivity (Wildman–Crippen MR) is 78.6 cm³/mol. The summed E-state index contributed by atoms with van der Waals surface area (Å²) in [5, 5.41) is 17.2. The Kier molecular flexibility index (Phi) is 3.97. The van der Waals surface area contributed by atoms with E-state index >= 15 is 0 Å². The zero-order valence-electron chi connectivity index (χ0n) is 11.2. The number of anilines is 1. The Morgan fingerprint density at radius 3 is 2.48 bits per heavy atom. The van der Waals surface area contributed by atoms with Crippen LogP contribution in [-0.4, -0.2) is 19.4 Å². The molecule has 0 heterocycles. The number of hydrogen-bond donors (Lipinski definition) is 3. The summed E-state index contributed by atoms with van der Waals surface area (Å²) in [6.07, 6.45) is 0. The van der Waals surface area contributed by atoms with Crippen LogP contribution < -0.4 is 10.5 Å². The second-order valence-corrected chi connectivity index (χ2v) is 6.03. The van der Waals surface area contributed by atoms with Crippen molar-refractivity contribution >= 4 is 21.6 Å². The van der Waals surface area contributed by atoms with Gasteiger partial charge in [0.15, 0.2) is 0 Å². The van der Waals surface area contributed by atoms with Crippen LogP contribution in [0, 0.1) is 6.92 Å². The fraction of sp³-hybridized carbons (Fsp3) is 0.0714. The van der Waals surface area contributed by atoms with E-state index in [2.05, 4.69) is 5.32 Å². The van der Waals surface area contributed by atoms with Gasteiger partial charge in [-0.1, -0.05) is 18.2 Å². The number of amides is 1. The summed E-state index contributed by atoms with van der Waals surface area (Å²) < 4.78 is 22.9. The molecule has 0 spiro atoms. The SMILES string of the molecule is Cc1ccc(C(=O)Nc2ccccc2O)cc1S(N)(=O)=O. The van der Waals surface area contributed by atoms with E-state index in [1.165, 1.54) is 30.3 Å². The molecule has 0 aliphatic heterocycles. The number of nitrogens with one attached hydrogen (secondary N) is 1. The summed E-state index contributed by atoms with van der Waals surface area (Å²) in [6.45, 7) is 1.59. The highest BCUT2D eigenvalue weighted by Gasteiger charge is 2.15. The molecule has 2 aromatic carbocycles. The average Bonchev–Trinajstić information content (AvgIpc) is 2.40. The molecule has 110 valence electrons. The topological polar surface area (TPSA) is 109 Å². The molecule has 2 rings (SSSR count). The van der Waals surface area contributed by atoms with E-state index in [1.807, 2.05) is 0 Å². The largest absolute Gasteiger partial charge is 0.506 e. The lowest BCUT2D eigenvalue weighted by Gasteiger charge is -2.09. The van der Waals surface area contributed by atoms with Gasteiger partial charge < -0.3 is 10.4 Å². The van der Waals surface area contributed by atoms with Crippen LogP contribution in [0.4, 0.5) is 5.69 Å². The molecule has 0 saturated heterocycles. The second kappa shape index (κ2) is 5.55. The lowest BCUT2D eigenvalue weighted by Crippen LogP contribution is -2.17. The van der Waals surface area contributed by atoms with Gasteiger partial charge in [-0.15, -0.1) is 0 Å². The summed E-state index contributed by atoms with van der Waals surface area (Å²) in [6, 6.07) is 10.4. The minimum absolute atomic E-state index is 0.0790. The van der Waals surface area contributed by atoms with Gasteiger partial charge in [0.1, 0.15) is 5.75 Å². The first-order chi connectivity index (χ1) is 9.79. The molecule has 6 nitrogen and oxygen atoms in total. The Hall–Kier alpha value is -2.38. The highest BCUT2D eigenvalue weighted by Crippen LogP contribution is 2.23. The third kappa shape index (κ3) is 3.39. The van der Waals surface area contributed by atoms with Gasteiger partial charge in [0.2, 0.25) is 10.0 Å². The first-order valence-electron chi connectivity index (χ1n) is 6.02. The van der Waals surface area contributed by atoms with Crippen LogP contribution in [0.25, 0.3) is 0 Å². The van der Waals surface area contributed by atoms with Crippen molar-refractivity contribution in [1.29, 1.82) is 0 Å². The predicted octanol–water partition coefficient (Wildman–Crippen LogP) is 1.60. The molecule has 0 radical (unpaired) electrons. The standard InChI is InChI=1S/C14H14N2O4S/c1-9-6-7-10(8-13(9)21(15,19)20)14(18)16-11-4-2-3-5-12(11)17/h2-8,17H,1H3,(H,16,18)(H2,15,19,20). The zero-order valence-corrected chi connectivity index (χ0v) is 12.0. The maximum atomic E-state index is 12.1. The Morgan fingerprint density at radius 2 is 1.86 bits per heavy atom. The number of rotatable bonds is 3. The molecule has 4 N–H and O–H groups in total. The molecule has 0 atom stereocenters. The Labute approximate surface area is 122 Å². The minimum Gasteiger partial charge on any atom is -0.506 e. The molecule has 2 aromatic rings. The highest BCUT2D eigenvalue weighted by molar-refractivity contribution is 7.89. The number of para-hydroxylation sites is 2. The van der Waals surface area contributed by atoms with Crippen molar-refractivity contribution < 1.29 is 18.3 Å². The van der Waals surface area contributed by atoms with Gasteiger partial charge in [0.05, 0.1) is 10.6 Å². The van der Waals surface area contributed by atoms with Gasteiger partial charge in [-0.25, -0.2) is 13.6 Å². The van der Waals surface area contributed by atoms with Crippen molar-refractivity contribution in [1.82, 2.24) is 0 Å². The number of phenolic OH excluding ortho intramolecular Hbond substituents is 1. The molecule has 0 aliphatic rings. The van der Waals surface area contributed by atoms with Gasteiger partial charge in [-0.2, -0.15) is 0 Å². The molecule has 0 bridgehead atoms. The fourth-order valence-electron chi connectivity index (χ4n) is 1.82. The van der Waals surface area contributed by atoms with Crippen molar-refractivity contribution in [3.8, 4) is 5.75 Å². The molecular formula is C14H14N2O4S. The number of phenols is 1. The molecular weight excluding hydrogens is 292 g/mol. The Morgan fingerprint density at radius 1 is 1.19 bits per heavy atom. The number of nitrogens with two attached hydrogens (primary N) is 1. The van der Waals surface area contributed by atoms with Crippen molar-refractivity contribution in [2.75, 3.05) is 5.32 Å². The van der Waals surface area contributed by atoms with Crippen molar-refractivity contribution in [3.05, 3.63) is 53.6 Å². The number of aryl methyl sites for hydroxylation is 1. The summed E-state index contributed by atoms with van der Waals surface area (Å²) in [7, 11) is -3.90. The quantitative estimate of drug-likeness (QED) is 0.748. The number of carbonyl (C=O) groups excluding carboxylic acids is 1. The van der Waals surface area contributed by atoms with E-state index in [-0.39, 0.29) is 21.9 Å². The number of carbonyl (C=O) groups is 1. The van der Waals surface area contributed by atoms with E-state index < -0.39 is 15.9 Å². The molecule has 0 fully saturated rings. The van der Waals surface area contributed by atoms with Crippen LogP contribution >= 0.6 is 0 Å². The van der Waals surface area contributed by atoms with Crippen LogP contribution in [0.5, 0.6) is 5.75 Å². The normalized spacial score (nSPS) is 11.1. The lowest BCUT2D eigenvalue weighted by molar-refractivity contribution is 0.102. The molecule has 21 heavy (non-hydrogen) atoms.